The zero-order chi connectivity index (χ0) is 17.6. The highest BCUT2D eigenvalue weighted by atomic mass is 16.3. The number of furan rings is 1. The van der Waals surface area contributed by atoms with Gasteiger partial charge in [0.2, 0.25) is 5.91 Å². The number of nitrogens with one attached hydrogen (secondary N) is 2. The van der Waals surface area contributed by atoms with Crippen molar-refractivity contribution < 1.29 is 14.0 Å². The standard InChI is InChI=1S/C17H17N5O3/c1-12(21-17(24)14-5-9-25-11-14)16(23)19-10-13-4-2-6-18-15(13)22-8-3-7-20-22/h2-9,11-12H,10H2,1H3,(H,19,23)(H,21,24). The van der Waals surface area contributed by atoms with Crippen LogP contribution in [0.1, 0.15) is 22.8 Å². The minimum atomic E-state index is -0.688. The number of aromatic nitrogens is 3. The molecule has 0 fully saturated rings. The van der Waals surface area contributed by atoms with E-state index >= 15 is 0 Å². The summed E-state index contributed by atoms with van der Waals surface area (Å²) in [5.74, 6) is -0.0231. The number of amides is 2. The molecular weight excluding hydrogens is 322 g/mol. The van der Waals surface area contributed by atoms with Crippen LogP contribution in [-0.4, -0.2) is 32.6 Å². The number of carbonyl (C=O) groups is 2. The highest BCUT2D eigenvalue weighted by Gasteiger charge is 2.17. The van der Waals surface area contributed by atoms with Crippen LogP contribution in [0.5, 0.6) is 0 Å². The molecule has 8 heteroatoms. The fraction of sp³-hybridized carbons (Fsp3) is 0.176. The highest BCUT2D eigenvalue weighted by Crippen LogP contribution is 2.10. The molecule has 2 amide bonds. The third kappa shape index (κ3) is 3.92. The Morgan fingerprint density at radius 3 is 2.88 bits per heavy atom. The molecule has 0 saturated carbocycles. The van der Waals surface area contributed by atoms with Crippen LogP contribution < -0.4 is 10.6 Å². The van der Waals surface area contributed by atoms with Crippen molar-refractivity contribution in [3.05, 3.63) is 66.5 Å². The average molecular weight is 339 g/mol. The molecule has 0 aliphatic heterocycles. The summed E-state index contributed by atoms with van der Waals surface area (Å²) in [4.78, 5) is 28.5. The number of pyridine rings is 1. The van der Waals surface area contributed by atoms with E-state index in [4.69, 9.17) is 4.42 Å². The summed E-state index contributed by atoms with van der Waals surface area (Å²) in [6.45, 7) is 1.89. The topological polar surface area (TPSA) is 102 Å². The van der Waals surface area contributed by atoms with Crippen LogP contribution in [0.4, 0.5) is 0 Å². The van der Waals surface area contributed by atoms with Gasteiger partial charge in [0, 0.05) is 30.7 Å². The van der Waals surface area contributed by atoms with Crippen molar-refractivity contribution >= 4 is 11.8 Å². The van der Waals surface area contributed by atoms with Gasteiger partial charge in [-0.05, 0) is 25.1 Å². The lowest BCUT2D eigenvalue weighted by Gasteiger charge is -2.14. The van der Waals surface area contributed by atoms with Crippen molar-refractivity contribution in [1.82, 2.24) is 25.4 Å². The minimum Gasteiger partial charge on any atom is -0.472 e. The summed E-state index contributed by atoms with van der Waals surface area (Å²) in [7, 11) is 0. The van der Waals surface area contributed by atoms with Crippen molar-refractivity contribution in [3.63, 3.8) is 0 Å². The smallest absolute Gasteiger partial charge is 0.255 e. The second-order valence-electron chi connectivity index (χ2n) is 5.36. The van der Waals surface area contributed by atoms with Gasteiger partial charge >= 0.3 is 0 Å². The summed E-state index contributed by atoms with van der Waals surface area (Å²) in [5, 5.41) is 9.56. The van der Waals surface area contributed by atoms with E-state index in [0.29, 0.717) is 11.4 Å². The van der Waals surface area contributed by atoms with Crippen LogP contribution in [0.2, 0.25) is 0 Å². The van der Waals surface area contributed by atoms with E-state index in [2.05, 4.69) is 20.7 Å². The first kappa shape index (κ1) is 16.4. The first-order valence-corrected chi connectivity index (χ1v) is 7.70. The van der Waals surface area contributed by atoms with Gasteiger partial charge in [0.05, 0.1) is 11.8 Å². The maximum atomic E-state index is 12.2. The van der Waals surface area contributed by atoms with Gasteiger partial charge in [-0.2, -0.15) is 5.10 Å². The first-order valence-electron chi connectivity index (χ1n) is 7.70. The second kappa shape index (κ2) is 7.43. The molecule has 1 unspecified atom stereocenters. The van der Waals surface area contributed by atoms with Gasteiger partial charge in [-0.15, -0.1) is 0 Å². The van der Waals surface area contributed by atoms with Crippen LogP contribution in [0.25, 0.3) is 5.82 Å². The molecule has 0 bridgehead atoms. The van der Waals surface area contributed by atoms with Crippen LogP contribution in [0, 0.1) is 0 Å². The van der Waals surface area contributed by atoms with Gasteiger partial charge in [0.25, 0.3) is 5.91 Å². The predicted octanol–water partition coefficient (Wildman–Crippen LogP) is 1.29. The molecule has 128 valence electrons. The third-order valence-electron chi connectivity index (χ3n) is 3.57. The summed E-state index contributed by atoms with van der Waals surface area (Å²) in [6, 6.07) is 6.29. The Bertz CT molecular complexity index is 843. The van der Waals surface area contributed by atoms with Crippen LogP contribution in [0.3, 0.4) is 0 Å². The van der Waals surface area contributed by atoms with E-state index in [1.54, 1.807) is 42.3 Å². The van der Waals surface area contributed by atoms with Crippen molar-refractivity contribution in [2.24, 2.45) is 0 Å². The average Bonchev–Trinajstić information content (AvgIpc) is 3.33. The van der Waals surface area contributed by atoms with E-state index in [9.17, 15) is 9.59 Å². The molecule has 3 heterocycles. The lowest BCUT2D eigenvalue weighted by atomic mass is 10.2. The fourth-order valence-corrected chi connectivity index (χ4v) is 2.24. The van der Waals surface area contributed by atoms with Crippen LogP contribution in [-0.2, 0) is 11.3 Å². The van der Waals surface area contributed by atoms with E-state index in [1.807, 2.05) is 6.07 Å². The van der Waals surface area contributed by atoms with Crippen molar-refractivity contribution in [1.29, 1.82) is 0 Å². The van der Waals surface area contributed by atoms with Crippen molar-refractivity contribution in [2.75, 3.05) is 0 Å². The molecule has 1 atom stereocenters. The molecule has 0 saturated heterocycles. The Hall–Kier alpha value is -3.42. The first-order chi connectivity index (χ1) is 12.1. The number of hydrogen-bond donors (Lipinski definition) is 2. The molecule has 3 aromatic heterocycles. The quantitative estimate of drug-likeness (QED) is 0.705. The van der Waals surface area contributed by atoms with Gasteiger partial charge in [0.15, 0.2) is 5.82 Å². The summed E-state index contributed by atoms with van der Waals surface area (Å²) in [6.07, 6.45) is 7.83. The summed E-state index contributed by atoms with van der Waals surface area (Å²) in [5.41, 5.74) is 1.18. The van der Waals surface area contributed by atoms with Gasteiger partial charge in [-0.3, -0.25) is 9.59 Å². The largest absolute Gasteiger partial charge is 0.472 e. The van der Waals surface area contributed by atoms with Gasteiger partial charge < -0.3 is 15.1 Å². The fourth-order valence-electron chi connectivity index (χ4n) is 2.24. The molecule has 3 aromatic rings. The van der Waals surface area contributed by atoms with E-state index in [-0.39, 0.29) is 18.4 Å². The molecule has 0 aliphatic carbocycles. The Morgan fingerprint density at radius 2 is 2.16 bits per heavy atom. The zero-order valence-corrected chi connectivity index (χ0v) is 13.5. The maximum Gasteiger partial charge on any atom is 0.255 e. The Balaban J connectivity index is 1.60. The maximum absolute atomic E-state index is 12.2. The third-order valence-corrected chi connectivity index (χ3v) is 3.57. The zero-order valence-electron chi connectivity index (χ0n) is 13.5. The lowest BCUT2D eigenvalue weighted by Crippen LogP contribution is -2.44. The molecule has 0 radical (unpaired) electrons. The normalized spacial score (nSPS) is 11.7. The Kier molecular flexibility index (Phi) is 4.89. The molecule has 2 N–H and O–H groups in total. The molecule has 0 spiro atoms. The Morgan fingerprint density at radius 1 is 1.28 bits per heavy atom. The second-order valence-corrected chi connectivity index (χ2v) is 5.36. The van der Waals surface area contributed by atoms with Crippen molar-refractivity contribution in [3.8, 4) is 5.82 Å². The molecule has 0 aliphatic rings. The van der Waals surface area contributed by atoms with E-state index < -0.39 is 6.04 Å². The Labute approximate surface area is 143 Å². The monoisotopic (exact) mass is 339 g/mol. The summed E-state index contributed by atoms with van der Waals surface area (Å²) < 4.78 is 6.49. The van der Waals surface area contributed by atoms with Crippen LogP contribution in [0.15, 0.2) is 59.8 Å². The lowest BCUT2D eigenvalue weighted by molar-refractivity contribution is -0.122. The van der Waals surface area contributed by atoms with Crippen LogP contribution >= 0.6 is 0 Å². The highest BCUT2D eigenvalue weighted by molar-refractivity contribution is 5.97. The summed E-state index contributed by atoms with van der Waals surface area (Å²) >= 11 is 0. The number of hydrogen-bond acceptors (Lipinski definition) is 5. The van der Waals surface area contributed by atoms with E-state index in [0.717, 1.165) is 5.56 Å². The van der Waals surface area contributed by atoms with Gasteiger partial charge in [0.1, 0.15) is 12.3 Å². The molecule has 8 nitrogen and oxygen atoms in total. The minimum absolute atomic E-state index is 0.272. The number of nitrogens with zero attached hydrogens (tertiary/aromatic N) is 3. The molecule has 0 aromatic carbocycles. The van der Waals surface area contributed by atoms with E-state index in [1.165, 1.54) is 18.6 Å². The predicted molar refractivity (Wildman–Crippen MR) is 88.8 cm³/mol. The number of carbonyl (C=O) groups excluding carboxylic acids is 2. The molecule has 3 rings (SSSR count). The molecular formula is C17H17N5O3. The number of rotatable bonds is 6. The van der Waals surface area contributed by atoms with Crippen molar-refractivity contribution in [2.45, 2.75) is 19.5 Å². The van der Waals surface area contributed by atoms with Gasteiger partial charge in [-0.25, -0.2) is 9.67 Å². The SMILES string of the molecule is CC(NC(=O)c1ccoc1)C(=O)NCc1cccnc1-n1cccn1. The molecule has 25 heavy (non-hydrogen) atoms. The van der Waals surface area contributed by atoms with Gasteiger partial charge in [-0.1, -0.05) is 6.07 Å².